The highest BCUT2D eigenvalue weighted by molar-refractivity contribution is 5.46. The largest absolute Gasteiger partial charge is 0.486 e. The minimum absolute atomic E-state index is 0.149. The highest BCUT2D eigenvalue weighted by atomic mass is 16.8. The maximum atomic E-state index is 10.8. The Hall–Kier alpha value is -2.20. The molecule has 31 heavy (non-hydrogen) atoms. The number of rotatable bonds is 4. The third kappa shape index (κ3) is 3.14. The Kier molecular flexibility index (Phi) is 4.97. The van der Waals surface area contributed by atoms with E-state index in [0.29, 0.717) is 30.9 Å². The number of benzene rings is 2. The molecule has 2 bridgehead atoms. The standard InChI is InChI=1S/C23H26O8/c1-13-2-4-16(23-21(27)19(25)20(26)22(11-24,31-23)12-30-23)10-15(13)8-14-3-5-17-18(9-14)29-7-6-28-17/h2-5,9-10,19-21,24-27H,6-8,11-12H2,1H3/t19-,20-,21+,22-,23-/m0/s1. The van der Waals surface area contributed by atoms with Crippen LogP contribution in [0.5, 0.6) is 11.5 Å². The van der Waals surface area contributed by atoms with E-state index in [1.54, 1.807) is 6.07 Å². The summed E-state index contributed by atoms with van der Waals surface area (Å²) in [6.45, 7) is 2.34. The molecule has 166 valence electrons. The second-order valence-corrected chi connectivity index (χ2v) is 8.46. The Labute approximate surface area is 179 Å². The maximum absolute atomic E-state index is 10.8. The number of aliphatic hydroxyl groups is 4. The van der Waals surface area contributed by atoms with Crippen molar-refractivity contribution in [3.63, 3.8) is 0 Å². The molecule has 0 saturated carbocycles. The van der Waals surface area contributed by atoms with E-state index >= 15 is 0 Å². The number of ether oxygens (including phenoxy) is 4. The lowest BCUT2D eigenvalue weighted by Crippen LogP contribution is -2.65. The van der Waals surface area contributed by atoms with Crippen LogP contribution >= 0.6 is 0 Å². The normalized spacial score (nSPS) is 34.0. The van der Waals surface area contributed by atoms with Gasteiger partial charge < -0.3 is 39.4 Å². The van der Waals surface area contributed by atoms with Crippen molar-refractivity contribution in [3.8, 4) is 11.5 Å². The van der Waals surface area contributed by atoms with Crippen LogP contribution in [0, 0.1) is 6.92 Å². The first kappa shape index (κ1) is 20.7. The fourth-order valence-corrected chi connectivity index (χ4v) is 4.57. The van der Waals surface area contributed by atoms with Gasteiger partial charge in [-0.15, -0.1) is 0 Å². The molecule has 8 heteroatoms. The third-order valence-corrected chi connectivity index (χ3v) is 6.48. The van der Waals surface area contributed by atoms with Gasteiger partial charge in [0.15, 0.2) is 11.5 Å². The predicted octanol–water partition coefficient (Wildman–Crippen LogP) is 0.384. The molecule has 3 heterocycles. The van der Waals surface area contributed by atoms with E-state index in [1.165, 1.54) is 0 Å². The van der Waals surface area contributed by atoms with Crippen LogP contribution < -0.4 is 9.47 Å². The van der Waals surface area contributed by atoms with Crippen molar-refractivity contribution < 1.29 is 39.4 Å². The molecule has 2 aromatic rings. The topological polar surface area (TPSA) is 118 Å². The van der Waals surface area contributed by atoms with E-state index in [1.807, 2.05) is 37.3 Å². The molecule has 3 aliphatic heterocycles. The number of aliphatic hydroxyl groups excluding tert-OH is 4. The summed E-state index contributed by atoms with van der Waals surface area (Å²) < 4.78 is 23.0. The molecule has 0 spiro atoms. The Morgan fingerprint density at radius 2 is 1.74 bits per heavy atom. The summed E-state index contributed by atoms with van der Waals surface area (Å²) in [6, 6.07) is 11.4. The Balaban J connectivity index is 1.49. The molecule has 0 aliphatic carbocycles. The zero-order chi connectivity index (χ0) is 21.8. The number of aryl methyl sites for hydroxylation is 1. The molecule has 4 N–H and O–H groups in total. The molecular formula is C23H26O8. The summed E-state index contributed by atoms with van der Waals surface area (Å²) >= 11 is 0. The van der Waals surface area contributed by atoms with Crippen molar-refractivity contribution in [2.75, 3.05) is 26.4 Å². The number of hydrogen-bond donors (Lipinski definition) is 4. The van der Waals surface area contributed by atoms with Gasteiger partial charge in [-0.25, -0.2) is 0 Å². The van der Waals surface area contributed by atoms with Crippen LogP contribution in [0.3, 0.4) is 0 Å². The van der Waals surface area contributed by atoms with Crippen molar-refractivity contribution in [3.05, 3.63) is 58.7 Å². The number of hydrogen-bond acceptors (Lipinski definition) is 8. The summed E-state index contributed by atoms with van der Waals surface area (Å²) in [5.41, 5.74) is 2.07. The Bertz CT molecular complexity index is 994. The van der Waals surface area contributed by atoms with Gasteiger partial charge in [0.1, 0.15) is 37.1 Å². The second-order valence-electron chi connectivity index (χ2n) is 8.46. The van der Waals surface area contributed by atoms with E-state index in [2.05, 4.69) is 0 Å². The second kappa shape index (κ2) is 7.44. The van der Waals surface area contributed by atoms with Gasteiger partial charge in [-0.05, 0) is 48.2 Å². The van der Waals surface area contributed by atoms with Gasteiger partial charge in [0.2, 0.25) is 5.79 Å². The summed E-state index contributed by atoms with van der Waals surface area (Å²) in [5.74, 6) is -0.229. The van der Waals surface area contributed by atoms with Crippen LogP contribution in [0.15, 0.2) is 36.4 Å². The molecule has 2 fully saturated rings. The van der Waals surface area contributed by atoms with Crippen molar-refractivity contribution in [2.24, 2.45) is 0 Å². The lowest BCUT2D eigenvalue weighted by molar-refractivity contribution is -0.329. The molecule has 3 aliphatic rings. The van der Waals surface area contributed by atoms with E-state index in [0.717, 1.165) is 22.4 Å². The first-order valence-electron chi connectivity index (χ1n) is 10.4. The molecule has 8 nitrogen and oxygen atoms in total. The van der Waals surface area contributed by atoms with Crippen LogP contribution in [0.4, 0.5) is 0 Å². The van der Waals surface area contributed by atoms with Crippen molar-refractivity contribution in [2.45, 2.75) is 43.0 Å². The average Bonchev–Trinajstić information content (AvgIpc) is 3.18. The average molecular weight is 430 g/mol. The van der Waals surface area contributed by atoms with Gasteiger partial charge in [0, 0.05) is 5.56 Å². The van der Waals surface area contributed by atoms with E-state index in [4.69, 9.17) is 18.9 Å². The predicted molar refractivity (Wildman–Crippen MR) is 108 cm³/mol. The van der Waals surface area contributed by atoms with E-state index < -0.39 is 36.3 Å². The maximum Gasteiger partial charge on any atom is 0.225 e. The monoisotopic (exact) mass is 430 g/mol. The fraction of sp³-hybridized carbons (Fsp3) is 0.478. The highest BCUT2D eigenvalue weighted by Crippen LogP contribution is 2.49. The molecule has 2 aromatic carbocycles. The van der Waals surface area contributed by atoms with Gasteiger partial charge >= 0.3 is 0 Å². The molecular weight excluding hydrogens is 404 g/mol. The Morgan fingerprint density at radius 1 is 0.968 bits per heavy atom. The Morgan fingerprint density at radius 3 is 2.52 bits per heavy atom. The van der Waals surface area contributed by atoms with Crippen LogP contribution in [-0.4, -0.2) is 70.8 Å². The minimum Gasteiger partial charge on any atom is -0.486 e. The fourth-order valence-electron chi connectivity index (χ4n) is 4.57. The smallest absolute Gasteiger partial charge is 0.225 e. The molecule has 5 rings (SSSR count). The first-order chi connectivity index (χ1) is 14.9. The van der Waals surface area contributed by atoms with Crippen molar-refractivity contribution in [1.82, 2.24) is 0 Å². The summed E-state index contributed by atoms with van der Waals surface area (Å²) in [6.07, 6.45) is -3.91. The molecule has 5 atom stereocenters. The molecule has 0 amide bonds. The zero-order valence-electron chi connectivity index (χ0n) is 17.2. The van der Waals surface area contributed by atoms with Crippen LogP contribution in [0.2, 0.25) is 0 Å². The van der Waals surface area contributed by atoms with E-state index in [-0.39, 0.29) is 6.61 Å². The summed E-state index contributed by atoms with van der Waals surface area (Å²) in [4.78, 5) is 0. The third-order valence-electron chi connectivity index (χ3n) is 6.48. The quantitative estimate of drug-likeness (QED) is 0.550. The van der Waals surface area contributed by atoms with Crippen LogP contribution in [0.25, 0.3) is 0 Å². The van der Waals surface area contributed by atoms with Crippen LogP contribution in [-0.2, 0) is 21.7 Å². The minimum atomic E-state index is -1.67. The molecule has 0 aromatic heterocycles. The molecule has 2 saturated heterocycles. The lowest BCUT2D eigenvalue weighted by Gasteiger charge is -2.46. The number of fused-ring (bicyclic) bond motifs is 3. The summed E-state index contributed by atoms with van der Waals surface area (Å²) in [5, 5.41) is 41.3. The zero-order valence-corrected chi connectivity index (χ0v) is 17.2. The van der Waals surface area contributed by atoms with Gasteiger partial charge in [-0.1, -0.05) is 18.2 Å². The van der Waals surface area contributed by atoms with Gasteiger partial charge in [0.25, 0.3) is 0 Å². The summed E-state index contributed by atoms with van der Waals surface area (Å²) in [7, 11) is 0. The first-order valence-corrected chi connectivity index (χ1v) is 10.4. The van der Waals surface area contributed by atoms with Crippen LogP contribution in [0.1, 0.15) is 22.3 Å². The molecule has 0 radical (unpaired) electrons. The van der Waals surface area contributed by atoms with Crippen molar-refractivity contribution >= 4 is 0 Å². The van der Waals surface area contributed by atoms with Gasteiger partial charge in [-0.3, -0.25) is 0 Å². The van der Waals surface area contributed by atoms with E-state index in [9.17, 15) is 20.4 Å². The highest BCUT2D eigenvalue weighted by Gasteiger charge is 2.67. The van der Waals surface area contributed by atoms with Crippen molar-refractivity contribution in [1.29, 1.82) is 0 Å². The van der Waals surface area contributed by atoms with Gasteiger partial charge in [0.05, 0.1) is 13.2 Å². The van der Waals surface area contributed by atoms with Gasteiger partial charge in [-0.2, -0.15) is 0 Å². The lowest BCUT2D eigenvalue weighted by atomic mass is 9.83. The molecule has 0 unspecified atom stereocenters. The SMILES string of the molecule is Cc1ccc([C@]23OC[C@](CO)(O2)[C@@H](O)[C@H](O)[C@H]3O)cc1Cc1ccc2c(c1)OCCO2.